The van der Waals surface area contributed by atoms with Gasteiger partial charge in [0.05, 0.1) is 17.6 Å². The number of carbonyl (C=O) groups is 2. The van der Waals surface area contributed by atoms with Crippen LogP contribution in [0.1, 0.15) is 64.7 Å². The van der Waals surface area contributed by atoms with E-state index in [0.29, 0.717) is 12.0 Å². The third kappa shape index (κ3) is 5.46. The van der Waals surface area contributed by atoms with Crippen LogP contribution in [0.2, 0.25) is 18.1 Å². The number of pyridine rings is 1. The van der Waals surface area contributed by atoms with E-state index in [1.54, 1.807) is 37.5 Å². The molecule has 0 aromatic carbocycles. The normalized spacial score (nSPS) is 26.6. The molecule has 10 heteroatoms. The molecule has 1 saturated carbocycles. The van der Waals surface area contributed by atoms with Gasteiger partial charge < -0.3 is 23.4 Å². The number of fused-ring (bicyclic) bond motifs is 2. The molecule has 1 N–H and O–H groups in total. The first-order valence-electron chi connectivity index (χ1n) is 13.3. The predicted octanol–water partition coefficient (Wildman–Crippen LogP) is 4.77. The second-order valence-electron chi connectivity index (χ2n) is 12.8. The van der Waals surface area contributed by atoms with Crippen LogP contribution in [-0.4, -0.2) is 54.1 Å². The SMILES string of the molecule is CC(=O)OCC(C)(O)[C@@H]1CC(O[Si](C)(C)C(C)(C)C)[C@@]2(C)Oc3cc(-c4cccnc4)oc(=O)c3C(=O)[C@@H]2C1. The summed E-state index contributed by atoms with van der Waals surface area (Å²) in [6, 6.07) is 5.05. The summed E-state index contributed by atoms with van der Waals surface area (Å²) in [5, 5.41) is 11.2. The number of aliphatic hydroxyl groups is 1. The lowest BCUT2D eigenvalue weighted by Gasteiger charge is -2.55. The standard InChI is InChI=1S/C29H39NO8Si/c1-17(31)35-16-28(5,34)19-12-20-25(32)24-22(14-21(36-26(24)33)18-10-9-11-30-15-18)37-29(20,6)23(13-19)38-39(7,8)27(2,3)4/h9-11,14-15,19-20,23,34H,12-13,16H2,1-8H3/t19-,20-,23?,28?,29-/m0/s1. The Bertz CT molecular complexity index is 1310. The van der Waals surface area contributed by atoms with Gasteiger partial charge in [-0.2, -0.15) is 0 Å². The number of Topliss-reactive ketones (excluding diaryl/α,β-unsaturated/α-hetero) is 1. The van der Waals surface area contributed by atoms with Crippen molar-refractivity contribution in [2.75, 3.05) is 6.61 Å². The molecule has 2 aromatic rings. The molecule has 0 radical (unpaired) electrons. The van der Waals surface area contributed by atoms with Crippen LogP contribution in [0.15, 0.2) is 39.8 Å². The van der Waals surface area contributed by atoms with Gasteiger partial charge in [-0.25, -0.2) is 4.79 Å². The molecule has 1 aliphatic carbocycles. The van der Waals surface area contributed by atoms with Crippen LogP contribution in [0.4, 0.5) is 0 Å². The lowest BCUT2D eigenvalue weighted by molar-refractivity contribution is -0.164. The maximum atomic E-state index is 14.0. The number of esters is 1. The topological polar surface area (TPSA) is 125 Å². The lowest BCUT2D eigenvalue weighted by Crippen LogP contribution is -2.65. The van der Waals surface area contributed by atoms with Gasteiger partial charge in [-0.1, -0.05) is 20.8 Å². The molecule has 2 aromatic heterocycles. The van der Waals surface area contributed by atoms with Gasteiger partial charge in [0.25, 0.3) is 0 Å². The maximum absolute atomic E-state index is 14.0. The summed E-state index contributed by atoms with van der Waals surface area (Å²) < 4.78 is 24.2. The monoisotopic (exact) mass is 557 g/mol. The highest BCUT2D eigenvalue weighted by Gasteiger charge is 2.60. The molecule has 2 aliphatic rings. The molecule has 0 saturated heterocycles. The minimum atomic E-state index is -2.38. The van der Waals surface area contributed by atoms with E-state index in [0.717, 1.165) is 0 Å². The Balaban J connectivity index is 1.80. The first-order chi connectivity index (χ1) is 18.0. The van der Waals surface area contributed by atoms with Crippen molar-refractivity contribution in [1.82, 2.24) is 4.98 Å². The van der Waals surface area contributed by atoms with E-state index < -0.39 is 54.8 Å². The minimum Gasteiger partial charge on any atom is -0.483 e. The van der Waals surface area contributed by atoms with Gasteiger partial charge in [-0.05, 0) is 62.9 Å². The van der Waals surface area contributed by atoms with E-state index in [1.165, 1.54) is 6.92 Å². The molecule has 9 nitrogen and oxygen atoms in total. The Morgan fingerprint density at radius 3 is 2.51 bits per heavy atom. The average Bonchev–Trinajstić information content (AvgIpc) is 2.82. The average molecular weight is 558 g/mol. The Hall–Kier alpha value is -2.82. The summed E-state index contributed by atoms with van der Waals surface area (Å²) in [7, 11) is -2.38. The number of carbonyl (C=O) groups excluding carboxylic acids is 2. The van der Waals surface area contributed by atoms with Crippen LogP contribution in [-0.2, 0) is 14.0 Å². The molecule has 3 heterocycles. The summed E-state index contributed by atoms with van der Waals surface area (Å²) in [6.07, 6.45) is 3.22. The molecule has 5 atom stereocenters. The van der Waals surface area contributed by atoms with Gasteiger partial charge in [0.2, 0.25) is 0 Å². The highest BCUT2D eigenvalue weighted by molar-refractivity contribution is 6.74. The van der Waals surface area contributed by atoms with E-state index in [9.17, 15) is 19.5 Å². The summed E-state index contributed by atoms with van der Waals surface area (Å²) in [5.41, 5.74) is -2.86. The van der Waals surface area contributed by atoms with Crippen molar-refractivity contribution in [3.8, 4) is 17.1 Å². The molecule has 0 amide bonds. The van der Waals surface area contributed by atoms with Gasteiger partial charge in [0, 0.05) is 30.9 Å². The van der Waals surface area contributed by atoms with Crippen molar-refractivity contribution >= 4 is 20.1 Å². The quantitative estimate of drug-likeness (QED) is 0.395. The van der Waals surface area contributed by atoms with E-state index in [4.69, 9.17) is 18.3 Å². The number of ketones is 1. The van der Waals surface area contributed by atoms with Crippen molar-refractivity contribution < 1.29 is 33.0 Å². The van der Waals surface area contributed by atoms with Crippen LogP contribution < -0.4 is 10.4 Å². The highest BCUT2D eigenvalue weighted by Crippen LogP contribution is 2.51. The first-order valence-corrected chi connectivity index (χ1v) is 16.2. The van der Waals surface area contributed by atoms with Gasteiger partial charge in [0.1, 0.15) is 29.3 Å². The van der Waals surface area contributed by atoms with E-state index >= 15 is 0 Å². The number of aromatic nitrogens is 1. The summed E-state index contributed by atoms with van der Waals surface area (Å²) in [4.78, 5) is 42.7. The highest BCUT2D eigenvalue weighted by atomic mass is 28.4. The van der Waals surface area contributed by atoms with E-state index in [1.807, 2.05) is 6.92 Å². The smallest absolute Gasteiger partial charge is 0.351 e. The zero-order valence-electron chi connectivity index (χ0n) is 24.0. The van der Waals surface area contributed by atoms with Crippen molar-refractivity contribution in [3.63, 3.8) is 0 Å². The zero-order chi connectivity index (χ0) is 29.0. The molecular formula is C29H39NO8Si. The fourth-order valence-electron chi connectivity index (χ4n) is 5.24. The second-order valence-corrected chi connectivity index (χ2v) is 17.5. The summed E-state index contributed by atoms with van der Waals surface area (Å²) >= 11 is 0. The number of ether oxygens (including phenoxy) is 2. The van der Waals surface area contributed by atoms with Crippen molar-refractivity contribution in [3.05, 3.63) is 46.6 Å². The third-order valence-electron chi connectivity index (χ3n) is 8.79. The van der Waals surface area contributed by atoms with Crippen LogP contribution in [0.25, 0.3) is 11.3 Å². The van der Waals surface area contributed by atoms with Gasteiger partial charge in [-0.3, -0.25) is 14.6 Å². The maximum Gasteiger partial charge on any atom is 0.351 e. The number of nitrogens with zero attached hydrogens (tertiary/aromatic N) is 1. The second kappa shape index (κ2) is 9.98. The van der Waals surface area contributed by atoms with Crippen molar-refractivity contribution in [2.24, 2.45) is 11.8 Å². The summed E-state index contributed by atoms with van der Waals surface area (Å²) in [6.45, 7) is 15.2. The molecule has 4 rings (SSSR count). The minimum absolute atomic E-state index is 0.128. The fourth-order valence-corrected chi connectivity index (χ4v) is 6.64. The fraction of sp³-hybridized carbons (Fsp3) is 0.586. The molecule has 2 unspecified atom stereocenters. The Morgan fingerprint density at radius 1 is 1.23 bits per heavy atom. The molecular weight excluding hydrogens is 518 g/mol. The Labute approximate surface area is 230 Å². The molecule has 0 bridgehead atoms. The molecule has 1 fully saturated rings. The zero-order valence-corrected chi connectivity index (χ0v) is 25.0. The van der Waals surface area contributed by atoms with Crippen LogP contribution in [0.3, 0.4) is 0 Å². The first kappa shape index (κ1) is 29.2. The van der Waals surface area contributed by atoms with Gasteiger partial charge >= 0.3 is 11.6 Å². The molecule has 212 valence electrons. The van der Waals surface area contributed by atoms with Gasteiger partial charge in [-0.15, -0.1) is 0 Å². The van der Waals surface area contributed by atoms with E-state index in [-0.39, 0.29) is 35.1 Å². The van der Waals surface area contributed by atoms with Crippen LogP contribution in [0, 0.1) is 11.8 Å². The Morgan fingerprint density at radius 2 is 1.92 bits per heavy atom. The largest absolute Gasteiger partial charge is 0.483 e. The van der Waals surface area contributed by atoms with Crippen LogP contribution >= 0.6 is 0 Å². The van der Waals surface area contributed by atoms with Gasteiger partial charge in [0.15, 0.2) is 14.1 Å². The molecule has 1 aliphatic heterocycles. The number of hydrogen-bond donors (Lipinski definition) is 1. The molecule has 0 spiro atoms. The summed E-state index contributed by atoms with van der Waals surface area (Å²) in [5.74, 6) is -1.74. The molecule has 39 heavy (non-hydrogen) atoms. The third-order valence-corrected chi connectivity index (χ3v) is 13.3. The van der Waals surface area contributed by atoms with Crippen molar-refractivity contribution in [1.29, 1.82) is 0 Å². The number of hydrogen-bond acceptors (Lipinski definition) is 9. The van der Waals surface area contributed by atoms with E-state index in [2.05, 4.69) is 38.8 Å². The Kier molecular flexibility index (Phi) is 7.46. The number of rotatable bonds is 6. The predicted molar refractivity (Wildman–Crippen MR) is 147 cm³/mol. The van der Waals surface area contributed by atoms with Crippen molar-refractivity contribution in [2.45, 2.75) is 89.8 Å². The lowest BCUT2D eigenvalue weighted by atomic mass is 9.62. The van der Waals surface area contributed by atoms with Crippen LogP contribution in [0.5, 0.6) is 5.75 Å².